The van der Waals surface area contributed by atoms with Crippen LogP contribution in [0.1, 0.15) is 15.9 Å². The van der Waals surface area contributed by atoms with E-state index in [2.05, 4.69) is 22.7 Å². The number of carbonyl (C=O) groups is 1. The fraction of sp³-hybridized carbons (Fsp3) is 0.0769. The molecular weight excluding hydrogens is 266 g/mol. The molecule has 0 unspecified atom stereocenters. The molecule has 0 aliphatic rings. The average molecular weight is 275 g/mol. The summed E-state index contributed by atoms with van der Waals surface area (Å²) in [5, 5.41) is 14.1. The molecule has 0 aliphatic carbocycles. The van der Waals surface area contributed by atoms with E-state index in [0.717, 1.165) is 20.8 Å². The van der Waals surface area contributed by atoms with E-state index in [1.807, 2.05) is 0 Å². The lowest BCUT2D eigenvalue weighted by atomic mass is 10.2. The Morgan fingerprint density at radius 3 is 2.83 bits per heavy atom. The minimum Gasteiger partial charge on any atom is -0.478 e. The minimum atomic E-state index is -0.904. The number of hydrogen-bond donors (Lipinski definition) is 1. The van der Waals surface area contributed by atoms with Gasteiger partial charge in [0.25, 0.3) is 0 Å². The molecule has 3 aromatic rings. The number of aryl methyl sites for hydroxylation is 1. The molecule has 0 radical (unpaired) electrons. The fourth-order valence-electron chi connectivity index (χ4n) is 1.75. The number of carboxylic acids is 1. The molecule has 1 N–H and O–H groups in total. The maximum Gasteiger partial charge on any atom is 0.335 e. The van der Waals surface area contributed by atoms with E-state index < -0.39 is 5.97 Å². The Morgan fingerprint density at radius 2 is 2.17 bits per heavy atom. The summed E-state index contributed by atoms with van der Waals surface area (Å²) in [5.74, 6) is -0.904. The number of hydrogen-bond acceptors (Lipinski definition) is 4. The number of aromatic nitrogens is 1. The molecule has 18 heavy (non-hydrogen) atoms. The largest absolute Gasteiger partial charge is 0.478 e. The van der Waals surface area contributed by atoms with E-state index in [4.69, 9.17) is 5.11 Å². The predicted octanol–water partition coefficient (Wildman–Crippen LogP) is 4.03. The Hall–Kier alpha value is -1.72. The molecule has 3 nitrogen and oxygen atoms in total. The quantitative estimate of drug-likeness (QED) is 0.768. The van der Waals surface area contributed by atoms with Crippen molar-refractivity contribution in [3.63, 3.8) is 0 Å². The summed E-state index contributed by atoms with van der Waals surface area (Å²) in [6, 6.07) is 5.04. The van der Waals surface area contributed by atoms with Crippen molar-refractivity contribution in [1.82, 2.24) is 4.98 Å². The summed E-state index contributed by atoms with van der Waals surface area (Å²) in [6.07, 6.45) is 0. The first kappa shape index (κ1) is 11.4. The Labute approximate surface area is 111 Å². The van der Waals surface area contributed by atoms with Gasteiger partial charge in [-0.1, -0.05) is 0 Å². The van der Waals surface area contributed by atoms with Crippen molar-refractivity contribution >= 4 is 38.9 Å². The van der Waals surface area contributed by atoms with E-state index in [1.165, 1.54) is 16.9 Å². The summed E-state index contributed by atoms with van der Waals surface area (Å²) in [7, 11) is 0. The third kappa shape index (κ3) is 1.81. The fourth-order valence-corrected chi connectivity index (χ4v) is 3.75. The molecule has 2 aromatic heterocycles. The van der Waals surface area contributed by atoms with Crippen molar-refractivity contribution in [2.45, 2.75) is 6.92 Å². The van der Waals surface area contributed by atoms with Crippen LogP contribution in [0.25, 0.3) is 20.8 Å². The van der Waals surface area contributed by atoms with Gasteiger partial charge in [-0.3, -0.25) is 0 Å². The number of benzene rings is 1. The van der Waals surface area contributed by atoms with Crippen molar-refractivity contribution in [3.8, 4) is 10.6 Å². The van der Waals surface area contributed by atoms with E-state index in [-0.39, 0.29) is 0 Å². The van der Waals surface area contributed by atoms with Crippen LogP contribution in [-0.2, 0) is 0 Å². The summed E-state index contributed by atoms with van der Waals surface area (Å²) in [4.78, 5) is 15.5. The van der Waals surface area contributed by atoms with Crippen LogP contribution in [0.3, 0.4) is 0 Å². The van der Waals surface area contributed by atoms with E-state index in [0.29, 0.717) is 5.56 Å². The van der Waals surface area contributed by atoms with Gasteiger partial charge in [-0.25, -0.2) is 9.78 Å². The molecule has 90 valence electrons. The molecule has 0 fully saturated rings. The van der Waals surface area contributed by atoms with Crippen LogP contribution in [0.15, 0.2) is 29.0 Å². The van der Waals surface area contributed by atoms with Gasteiger partial charge < -0.3 is 5.11 Å². The zero-order chi connectivity index (χ0) is 12.7. The number of carboxylic acid groups (broad SMARTS) is 1. The van der Waals surface area contributed by atoms with Gasteiger partial charge in [-0.15, -0.1) is 11.3 Å². The Kier molecular flexibility index (Phi) is 2.65. The van der Waals surface area contributed by atoms with E-state index in [9.17, 15) is 4.79 Å². The maximum absolute atomic E-state index is 10.9. The molecule has 2 heterocycles. The lowest BCUT2D eigenvalue weighted by Crippen LogP contribution is -1.94. The van der Waals surface area contributed by atoms with Crippen molar-refractivity contribution < 1.29 is 9.90 Å². The van der Waals surface area contributed by atoms with Gasteiger partial charge in [-0.05, 0) is 36.1 Å². The summed E-state index contributed by atoms with van der Waals surface area (Å²) < 4.78 is 0.913. The van der Waals surface area contributed by atoms with Crippen LogP contribution >= 0.6 is 22.7 Å². The molecule has 0 aliphatic heterocycles. The molecule has 0 amide bonds. The van der Waals surface area contributed by atoms with Crippen LogP contribution < -0.4 is 0 Å². The highest BCUT2D eigenvalue weighted by Gasteiger charge is 2.11. The van der Waals surface area contributed by atoms with Gasteiger partial charge in [0.2, 0.25) is 0 Å². The SMILES string of the molecule is Cc1cscc1-c1nc2ccc(C(=O)O)cc2s1. The Balaban J connectivity index is 2.17. The average Bonchev–Trinajstić information content (AvgIpc) is 2.92. The van der Waals surface area contributed by atoms with Gasteiger partial charge in [0.05, 0.1) is 15.8 Å². The first-order valence-electron chi connectivity index (χ1n) is 5.32. The third-order valence-electron chi connectivity index (χ3n) is 2.72. The van der Waals surface area contributed by atoms with Crippen molar-refractivity contribution in [2.75, 3.05) is 0 Å². The molecule has 3 rings (SSSR count). The molecule has 0 bridgehead atoms. The van der Waals surface area contributed by atoms with Crippen molar-refractivity contribution in [3.05, 3.63) is 40.1 Å². The lowest BCUT2D eigenvalue weighted by molar-refractivity contribution is 0.0697. The zero-order valence-corrected chi connectivity index (χ0v) is 11.1. The van der Waals surface area contributed by atoms with Gasteiger partial charge in [0, 0.05) is 10.9 Å². The van der Waals surface area contributed by atoms with Crippen LogP contribution in [0.2, 0.25) is 0 Å². The molecule has 0 saturated heterocycles. The number of fused-ring (bicyclic) bond motifs is 1. The molecule has 1 aromatic carbocycles. The van der Waals surface area contributed by atoms with Crippen LogP contribution in [0, 0.1) is 6.92 Å². The van der Waals surface area contributed by atoms with E-state index in [1.54, 1.807) is 29.5 Å². The standard InChI is InChI=1S/C13H9NO2S2/c1-7-5-17-6-9(7)12-14-10-3-2-8(13(15)16)4-11(10)18-12/h2-6H,1H3,(H,15,16). The third-order valence-corrected chi connectivity index (χ3v) is 4.63. The van der Waals surface area contributed by atoms with E-state index >= 15 is 0 Å². The molecule has 0 atom stereocenters. The molecule has 0 saturated carbocycles. The van der Waals surface area contributed by atoms with Crippen LogP contribution in [0.5, 0.6) is 0 Å². The topological polar surface area (TPSA) is 50.2 Å². The summed E-state index contributed by atoms with van der Waals surface area (Å²) in [5.41, 5.74) is 3.50. The highest BCUT2D eigenvalue weighted by atomic mass is 32.1. The number of thiophene rings is 1. The summed E-state index contributed by atoms with van der Waals surface area (Å²) in [6.45, 7) is 2.06. The molecule has 0 spiro atoms. The highest BCUT2D eigenvalue weighted by molar-refractivity contribution is 7.22. The van der Waals surface area contributed by atoms with Crippen molar-refractivity contribution in [2.24, 2.45) is 0 Å². The number of nitrogens with zero attached hydrogens (tertiary/aromatic N) is 1. The predicted molar refractivity (Wildman–Crippen MR) is 74.6 cm³/mol. The normalized spacial score (nSPS) is 10.9. The van der Waals surface area contributed by atoms with Gasteiger partial charge >= 0.3 is 5.97 Å². The van der Waals surface area contributed by atoms with Crippen LogP contribution in [0.4, 0.5) is 0 Å². The van der Waals surface area contributed by atoms with Gasteiger partial charge in [-0.2, -0.15) is 11.3 Å². The second-order valence-corrected chi connectivity index (χ2v) is 5.75. The zero-order valence-electron chi connectivity index (χ0n) is 9.51. The van der Waals surface area contributed by atoms with Gasteiger partial charge in [0.1, 0.15) is 5.01 Å². The minimum absolute atomic E-state index is 0.305. The smallest absolute Gasteiger partial charge is 0.335 e. The second kappa shape index (κ2) is 4.19. The highest BCUT2D eigenvalue weighted by Crippen LogP contribution is 2.34. The van der Waals surface area contributed by atoms with Crippen LogP contribution in [-0.4, -0.2) is 16.1 Å². The Bertz CT molecular complexity index is 742. The Morgan fingerprint density at radius 1 is 1.33 bits per heavy atom. The van der Waals surface area contributed by atoms with Crippen molar-refractivity contribution in [1.29, 1.82) is 0 Å². The maximum atomic E-state index is 10.9. The first-order valence-corrected chi connectivity index (χ1v) is 7.08. The van der Waals surface area contributed by atoms with Gasteiger partial charge in [0.15, 0.2) is 0 Å². The number of rotatable bonds is 2. The monoisotopic (exact) mass is 275 g/mol. The number of aromatic carboxylic acids is 1. The number of thiazole rings is 1. The lowest BCUT2D eigenvalue weighted by Gasteiger charge is -1.91. The second-order valence-electron chi connectivity index (χ2n) is 3.98. The first-order chi connectivity index (χ1) is 8.65. The summed E-state index contributed by atoms with van der Waals surface area (Å²) >= 11 is 3.18. The molecular formula is C13H9NO2S2. The molecule has 5 heteroatoms.